The molecule has 0 aliphatic heterocycles. The van der Waals surface area contributed by atoms with Gasteiger partial charge in [0.05, 0.1) is 5.69 Å². The van der Waals surface area contributed by atoms with Crippen LogP contribution >= 0.6 is 0 Å². The number of hydrogen-bond donors (Lipinski definition) is 1. The number of para-hydroxylation sites is 1. The summed E-state index contributed by atoms with van der Waals surface area (Å²) in [6.07, 6.45) is 1.54. The molecule has 0 aliphatic rings. The molecule has 23 heavy (non-hydrogen) atoms. The number of nitrogens with zero attached hydrogens (tertiary/aromatic N) is 1. The molecule has 4 heteroatoms. The molecule has 0 bridgehead atoms. The van der Waals surface area contributed by atoms with E-state index in [4.69, 9.17) is 0 Å². The lowest BCUT2D eigenvalue weighted by molar-refractivity contribution is -0.112. The fourth-order valence-corrected chi connectivity index (χ4v) is 2.46. The van der Waals surface area contributed by atoms with E-state index in [0.29, 0.717) is 0 Å². The molecule has 0 atom stereocenters. The van der Waals surface area contributed by atoms with Crippen LogP contribution in [0.4, 0.5) is 10.1 Å². The minimum Gasteiger partial charge on any atom is -0.319 e. The second-order valence-corrected chi connectivity index (χ2v) is 5.42. The third-order valence-corrected chi connectivity index (χ3v) is 3.51. The standard InChI is InChI=1S/C19H17FN2O/c1-12-8-13(2)16(14(3)9-12)10-15(11-21)19(23)22-18-7-5-4-6-17(18)20/h4-10H,1-3H3,(H,22,23)/b15-10+. The lowest BCUT2D eigenvalue weighted by Gasteiger charge is -2.09. The SMILES string of the molecule is Cc1cc(C)c(/C=C(\C#N)C(=O)Nc2ccccc2F)c(C)c1. The van der Waals surface area contributed by atoms with E-state index in [1.807, 2.05) is 39.0 Å². The van der Waals surface area contributed by atoms with Gasteiger partial charge in [0.15, 0.2) is 0 Å². The summed E-state index contributed by atoms with van der Waals surface area (Å²) < 4.78 is 13.6. The van der Waals surface area contributed by atoms with Crippen LogP contribution < -0.4 is 5.32 Å². The summed E-state index contributed by atoms with van der Waals surface area (Å²) in [4.78, 5) is 12.2. The quantitative estimate of drug-likeness (QED) is 0.679. The van der Waals surface area contributed by atoms with Crippen LogP contribution in [0.3, 0.4) is 0 Å². The Hall–Kier alpha value is -2.93. The van der Waals surface area contributed by atoms with Crippen molar-refractivity contribution in [3.05, 3.63) is 70.0 Å². The molecular formula is C19H17FN2O. The third-order valence-electron chi connectivity index (χ3n) is 3.51. The largest absolute Gasteiger partial charge is 0.319 e. The number of anilines is 1. The number of hydrogen-bond acceptors (Lipinski definition) is 2. The fraction of sp³-hybridized carbons (Fsp3) is 0.158. The molecule has 1 amide bonds. The summed E-state index contributed by atoms with van der Waals surface area (Å²) in [5.74, 6) is -1.17. The Morgan fingerprint density at radius 1 is 1.17 bits per heavy atom. The lowest BCUT2D eigenvalue weighted by atomic mass is 9.98. The average molecular weight is 308 g/mol. The van der Waals surface area contributed by atoms with E-state index in [9.17, 15) is 14.4 Å². The normalized spacial score (nSPS) is 11.0. The number of benzene rings is 2. The number of rotatable bonds is 3. The van der Waals surface area contributed by atoms with Gasteiger partial charge in [0.2, 0.25) is 0 Å². The van der Waals surface area contributed by atoms with Gasteiger partial charge in [0, 0.05) is 0 Å². The van der Waals surface area contributed by atoms with E-state index in [1.54, 1.807) is 12.1 Å². The monoisotopic (exact) mass is 308 g/mol. The maximum Gasteiger partial charge on any atom is 0.266 e. The Bertz CT molecular complexity index is 808. The molecular weight excluding hydrogens is 291 g/mol. The summed E-state index contributed by atoms with van der Waals surface area (Å²) in [7, 11) is 0. The van der Waals surface area contributed by atoms with Gasteiger partial charge in [-0.2, -0.15) is 5.26 Å². The molecule has 0 unspecified atom stereocenters. The van der Waals surface area contributed by atoms with Gasteiger partial charge in [-0.05, 0) is 55.7 Å². The van der Waals surface area contributed by atoms with Crippen molar-refractivity contribution in [1.29, 1.82) is 5.26 Å². The molecule has 0 fully saturated rings. The molecule has 2 rings (SSSR count). The molecule has 0 saturated carbocycles. The predicted octanol–water partition coefficient (Wildman–Crippen LogP) is 4.30. The Morgan fingerprint density at radius 2 is 1.78 bits per heavy atom. The topological polar surface area (TPSA) is 52.9 Å². The number of carbonyl (C=O) groups is 1. The van der Waals surface area contributed by atoms with E-state index in [2.05, 4.69) is 5.32 Å². The first-order valence-electron chi connectivity index (χ1n) is 7.18. The van der Waals surface area contributed by atoms with Crippen molar-refractivity contribution in [3.63, 3.8) is 0 Å². The van der Waals surface area contributed by atoms with Crippen molar-refractivity contribution in [2.24, 2.45) is 0 Å². The maximum atomic E-state index is 13.6. The van der Waals surface area contributed by atoms with Crippen LogP contribution in [0.25, 0.3) is 6.08 Å². The molecule has 2 aromatic rings. The van der Waals surface area contributed by atoms with E-state index in [0.717, 1.165) is 22.3 Å². The summed E-state index contributed by atoms with van der Waals surface area (Å²) in [6.45, 7) is 5.84. The van der Waals surface area contributed by atoms with Crippen LogP contribution in [0.2, 0.25) is 0 Å². The van der Waals surface area contributed by atoms with Crippen LogP contribution in [0.1, 0.15) is 22.3 Å². The number of nitriles is 1. The van der Waals surface area contributed by atoms with Gasteiger partial charge >= 0.3 is 0 Å². The molecule has 0 saturated heterocycles. The van der Waals surface area contributed by atoms with Crippen molar-refractivity contribution >= 4 is 17.7 Å². The second-order valence-electron chi connectivity index (χ2n) is 5.42. The van der Waals surface area contributed by atoms with Crippen molar-refractivity contribution in [1.82, 2.24) is 0 Å². The first kappa shape index (κ1) is 16.4. The number of amides is 1. The van der Waals surface area contributed by atoms with Crippen LogP contribution in [-0.2, 0) is 4.79 Å². The summed E-state index contributed by atoms with van der Waals surface area (Å²) in [6, 6.07) is 11.7. The predicted molar refractivity (Wildman–Crippen MR) is 89.3 cm³/mol. The second kappa shape index (κ2) is 6.89. The zero-order valence-electron chi connectivity index (χ0n) is 13.3. The first-order valence-corrected chi connectivity index (χ1v) is 7.18. The van der Waals surface area contributed by atoms with E-state index < -0.39 is 11.7 Å². The van der Waals surface area contributed by atoms with Gasteiger partial charge in [0.1, 0.15) is 17.5 Å². The Balaban J connectivity index is 2.35. The van der Waals surface area contributed by atoms with E-state index >= 15 is 0 Å². The summed E-state index contributed by atoms with van der Waals surface area (Å²) >= 11 is 0. The van der Waals surface area contributed by atoms with Crippen molar-refractivity contribution in [3.8, 4) is 6.07 Å². The summed E-state index contributed by atoms with van der Waals surface area (Å²) in [5, 5.41) is 11.7. The van der Waals surface area contributed by atoms with Crippen LogP contribution in [0.5, 0.6) is 0 Å². The molecule has 3 nitrogen and oxygen atoms in total. The highest BCUT2D eigenvalue weighted by Gasteiger charge is 2.13. The minimum absolute atomic E-state index is 0.0519. The zero-order chi connectivity index (χ0) is 17.0. The van der Waals surface area contributed by atoms with Crippen molar-refractivity contribution < 1.29 is 9.18 Å². The highest BCUT2D eigenvalue weighted by Crippen LogP contribution is 2.20. The van der Waals surface area contributed by atoms with Gasteiger partial charge in [-0.25, -0.2) is 4.39 Å². The Morgan fingerprint density at radius 3 is 2.35 bits per heavy atom. The highest BCUT2D eigenvalue weighted by atomic mass is 19.1. The molecule has 0 aromatic heterocycles. The number of aryl methyl sites for hydroxylation is 3. The maximum absolute atomic E-state index is 13.6. The third kappa shape index (κ3) is 3.83. The fourth-order valence-electron chi connectivity index (χ4n) is 2.46. The molecule has 116 valence electrons. The van der Waals surface area contributed by atoms with Crippen LogP contribution in [0, 0.1) is 37.9 Å². The average Bonchev–Trinajstić information content (AvgIpc) is 2.48. The van der Waals surface area contributed by atoms with Crippen LogP contribution in [0.15, 0.2) is 42.0 Å². The van der Waals surface area contributed by atoms with Crippen LogP contribution in [-0.4, -0.2) is 5.91 Å². The van der Waals surface area contributed by atoms with E-state index in [1.165, 1.54) is 18.2 Å². The van der Waals surface area contributed by atoms with Crippen molar-refractivity contribution in [2.45, 2.75) is 20.8 Å². The highest BCUT2D eigenvalue weighted by molar-refractivity contribution is 6.09. The molecule has 2 aromatic carbocycles. The van der Waals surface area contributed by atoms with Crippen molar-refractivity contribution in [2.75, 3.05) is 5.32 Å². The minimum atomic E-state index is -0.628. The molecule has 1 N–H and O–H groups in total. The molecule has 0 heterocycles. The van der Waals surface area contributed by atoms with Gasteiger partial charge < -0.3 is 5.32 Å². The Labute approximate surface area is 135 Å². The number of halogens is 1. The number of carbonyl (C=O) groups excluding carboxylic acids is 1. The molecule has 0 aliphatic carbocycles. The lowest BCUT2D eigenvalue weighted by Crippen LogP contribution is -2.14. The first-order chi connectivity index (χ1) is 10.9. The molecule has 0 spiro atoms. The van der Waals surface area contributed by atoms with Gasteiger partial charge in [-0.15, -0.1) is 0 Å². The zero-order valence-corrected chi connectivity index (χ0v) is 13.3. The smallest absolute Gasteiger partial charge is 0.266 e. The van der Waals surface area contributed by atoms with Gasteiger partial charge in [-0.3, -0.25) is 4.79 Å². The van der Waals surface area contributed by atoms with E-state index in [-0.39, 0.29) is 11.3 Å². The van der Waals surface area contributed by atoms with Gasteiger partial charge in [-0.1, -0.05) is 29.8 Å². The summed E-state index contributed by atoms with van der Waals surface area (Å²) in [5.41, 5.74) is 3.89. The molecule has 0 radical (unpaired) electrons. The Kier molecular flexibility index (Phi) is 4.92. The number of nitrogens with one attached hydrogen (secondary N) is 1. The van der Waals surface area contributed by atoms with Gasteiger partial charge in [0.25, 0.3) is 5.91 Å².